The monoisotopic (exact) mass is 422 g/mol. The predicted molar refractivity (Wildman–Crippen MR) is 85.9 cm³/mol. The topological polar surface area (TPSA) is 116 Å². The highest BCUT2D eigenvalue weighted by Gasteiger charge is 2.50. The minimum Gasteiger partial charge on any atom is -0.493 e. The number of benzene rings is 1. The molecular weight excluding hydrogens is 412 g/mol. The van der Waals surface area contributed by atoms with Crippen LogP contribution in [0.1, 0.15) is 0 Å². The number of aromatic hydroxyl groups is 1. The van der Waals surface area contributed by atoms with Gasteiger partial charge in [-0.15, -0.1) is 4.98 Å². The van der Waals surface area contributed by atoms with Gasteiger partial charge in [-0.3, -0.25) is 0 Å². The number of hydrogen-bond donors (Lipinski definition) is 1. The molecule has 0 fully saturated rings. The maximum atomic E-state index is 14.3. The van der Waals surface area contributed by atoms with E-state index in [-0.39, 0.29) is 17.4 Å². The summed E-state index contributed by atoms with van der Waals surface area (Å²) >= 11 is 0. The molecule has 0 saturated heterocycles. The van der Waals surface area contributed by atoms with Gasteiger partial charge in [0.05, 0.1) is 19.8 Å². The van der Waals surface area contributed by atoms with Crippen LogP contribution in [0.3, 0.4) is 0 Å². The molecule has 28 heavy (non-hydrogen) atoms. The average Bonchev–Trinajstić information content (AvgIpc) is 2.94. The van der Waals surface area contributed by atoms with Crippen molar-refractivity contribution in [1.82, 2.24) is 18.9 Å². The first-order valence-corrected chi connectivity index (χ1v) is 8.65. The van der Waals surface area contributed by atoms with E-state index in [0.717, 1.165) is 18.2 Å². The summed E-state index contributed by atoms with van der Waals surface area (Å²) in [5, 5.41) is 9.96. The average molecular weight is 422 g/mol. The van der Waals surface area contributed by atoms with Crippen molar-refractivity contribution in [2.45, 2.75) is 5.51 Å². The molecule has 3 aromatic rings. The summed E-state index contributed by atoms with van der Waals surface area (Å²) in [4.78, 5) is 11.2. The minimum atomic E-state index is -6.18. The number of fused-ring (bicyclic) bond motifs is 1. The van der Waals surface area contributed by atoms with E-state index in [0.29, 0.717) is 0 Å². The number of ether oxygens (including phenoxy) is 2. The molecule has 150 valence electrons. The standard InChI is InChI=1S/C14H10F4N4O5S/c1-26-12-19-10(20-13(21-12)27-2)8-6-4-3-5-7(15)9(6)22(11(8)23)28(24,25)14(16,17)18/h3-5,23H,1-2H3. The molecule has 2 heterocycles. The largest absolute Gasteiger partial charge is 0.517 e. The quantitative estimate of drug-likeness (QED) is 0.635. The third kappa shape index (κ3) is 2.85. The van der Waals surface area contributed by atoms with Gasteiger partial charge in [-0.2, -0.15) is 35.5 Å². The SMILES string of the molecule is COc1nc(OC)nc(-c2c(O)n(S(=O)(=O)C(F)(F)F)c3c(F)cccc23)n1. The van der Waals surface area contributed by atoms with E-state index in [1.165, 1.54) is 14.2 Å². The minimum absolute atomic E-state index is 0.336. The summed E-state index contributed by atoms with van der Waals surface area (Å²) in [5.41, 5.74) is -7.42. The molecule has 3 rings (SSSR count). The van der Waals surface area contributed by atoms with Crippen LogP contribution in [0.25, 0.3) is 22.3 Å². The van der Waals surface area contributed by atoms with Gasteiger partial charge in [0.25, 0.3) is 0 Å². The van der Waals surface area contributed by atoms with Crippen molar-refractivity contribution in [3.63, 3.8) is 0 Å². The molecule has 0 aliphatic rings. The second kappa shape index (κ2) is 6.47. The molecule has 2 aromatic heterocycles. The van der Waals surface area contributed by atoms with Crippen LogP contribution in [0.2, 0.25) is 0 Å². The Bertz CT molecular complexity index is 1150. The highest BCUT2D eigenvalue weighted by Crippen LogP contribution is 2.43. The molecule has 0 spiro atoms. The lowest BCUT2D eigenvalue weighted by Gasteiger charge is -2.11. The molecule has 0 unspecified atom stereocenters. The molecule has 14 heteroatoms. The van der Waals surface area contributed by atoms with E-state index in [1.807, 2.05) is 0 Å². The second-order valence-corrected chi connectivity index (χ2v) is 6.96. The van der Waals surface area contributed by atoms with E-state index < -0.39 is 48.1 Å². The molecule has 0 bridgehead atoms. The van der Waals surface area contributed by atoms with Crippen LogP contribution >= 0.6 is 0 Å². The number of hydrogen-bond acceptors (Lipinski definition) is 8. The molecule has 0 aliphatic heterocycles. The molecule has 0 radical (unpaired) electrons. The Kier molecular flexibility index (Phi) is 4.53. The van der Waals surface area contributed by atoms with Gasteiger partial charge in [0.2, 0.25) is 5.88 Å². The zero-order chi connectivity index (χ0) is 20.9. The third-order valence-electron chi connectivity index (χ3n) is 3.59. The van der Waals surface area contributed by atoms with Crippen molar-refractivity contribution in [2.24, 2.45) is 0 Å². The Morgan fingerprint density at radius 3 is 2.14 bits per heavy atom. The van der Waals surface area contributed by atoms with Gasteiger partial charge in [0, 0.05) is 5.39 Å². The number of aromatic nitrogens is 4. The van der Waals surface area contributed by atoms with Crippen molar-refractivity contribution < 1.29 is 40.6 Å². The summed E-state index contributed by atoms with van der Waals surface area (Å²) in [6.45, 7) is 0. The number of nitrogens with zero attached hydrogens (tertiary/aromatic N) is 4. The van der Waals surface area contributed by atoms with Gasteiger partial charge < -0.3 is 14.6 Å². The van der Waals surface area contributed by atoms with Crippen molar-refractivity contribution in [3.8, 4) is 29.3 Å². The van der Waals surface area contributed by atoms with Crippen LogP contribution in [0.5, 0.6) is 17.9 Å². The molecule has 0 saturated carbocycles. The highest BCUT2D eigenvalue weighted by molar-refractivity contribution is 7.91. The fraction of sp³-hybridized carbons (Fsp3) is 0.214. The molecule has 9 nitrogen and oxygen atoms in total. The molecular formula is C14H10F4N4O5S. The fourth-order valence-electron chi connectivity index (χ4n) is 2.44. The van der Waals surface area contributed by atoms with E-state index in [1.54, 1.807) is 0 Å². The summed E-state index contributed by atoms with van der Waals surface area (Å²) in [7, 11) is -3.83. The number of rotatable bonds is 4. The molecule has 0 amide bonds. The molecule has 0 aliphatic carbocycles. The first-order valence-electron chi connectivity index (χ1n) is 7.21. The molecule has 1 N–H and O–H groups in total. The van der Waals surface area contributed by atoms with Gasteiger partial charge in [0.1, 0.15) is 11.3 Å². The number of alkyl halides is 3. The summed E-state index contributed by atoms with van der Waals surface area (Å²) < 4.78 is 86.5. The highest BCUT2D eigenvalue weighted by atomic mass is 32.2. The summed E-state index contributed by atoms with van der Waals surface area (Å²) in [6.07, 6.45) is 0. The van der Waals surface area contributed by atoms with Crippen molar-refractivity contribution in [2.75, 3.05) is 14.2 Å². The summed E-state index contributed by atoms with van der Waals surface area (Å²) in [5.74, 6) is -3.25. The Hall–Kier alpha value is -3.16. The lowest BCUT2D eigenvalue weighted by Crippen LogP contribution is -2.29. The first kappa shape index (κ1) is 19.6. The van der Waals surface area contributed by atoms with Crippen molar-refractivity contribution >= 4 is 20.9 Å². The smallest absolute Gasteiger partial charge is 0.493 e. The maximum absolute atomic E-state index is 14.3. The predicted octanol–water partition coefficient (Wildman–Crippen LogP) is 2.05. The van der Waals surface area contributed by atoms with Gasteiger partial charge in [-0.05, 0) is 6.07 Å². The maximum Gasteiger partial charge on any atom is 0.517 e. The van der Waals surface area contributed by atoms with Crippen LogP contribution in [0.4, 0.5) is 17.6 Å². The van der Waals surface area contributed by atoms with Crippen LogP contribution in [0.15, 0.2) is 18.2 Å². The lowest BCUT2D eigenvalue weighted by molar-refractivity contribution is -0.0446. The fourth-order valence-corrected chi connectivity index (χ4v) is 3.39. The Morgan fingerprint density at radius 2 is 1.64 bits per heavy atom. The Labute approximate surface area is 154 Å². The van der Waals surface area contributed by atoms with Gasteiger partial charge in [-0.1, -0.05) is 12.1 Å². The van der Waals surface area contributed by atoms with Crippen LogP contribution in [-0.4, -0.2) is 52.2 Å². The third-order valence-corrected chi connectivity index (χ3v) is 5.01. The van der Waals surface area contributed by atoms with E-state index in [9.17, 15) is 31.1 Å². The Balaban J connectivity index is 2.48. The van der Waals surface area contributed by atoms with Crippen LogP contribution in [0, 0.1) is 5.82 Å². The van der Waals surface area contributed by atoms with Crippen LogP contribution < -0.4 is 9.47 Å². The number of methoxy groups -OCH3 is 2. The molecule has 1 aromatic carbocycles. The first-order chi connectivity index (χ1) is 13.0. The van der Waals surface area contributed by atoms with E-state index in [2.05, 4.69) is 15.0 Å². The summed E-state index contributed by atoms with van der Waals surface area (Å²) in [6, 6.07) is 2.27. The van der Waals surface area contributed by atoms with Gasteiger partial charge >= 0.3 is 27.6 Å². The zero-order valence-electron chi connectivity index (χ0n) is 14.0. The van der Waals surface area contributed by atoms with Crippen LogP contribution in [-0.2, 0) is 10.0 Å². The van der Waals surface area contributed by atoms with Gasteiger partial charge in [-0.25, -0.2) is 4.39 Å². The lowest BCUT2D eigenvalue weighted by atomic mass is 10.1. The van der Waals surface area contributed by atoms with Gasteiger partial charge in [0.15, 0.2) is 5.82 Å². The number of para-hydroxylation sites is 1. The molecule has 0 atom stereocenters. The van der Waals surface area contributed by atoms with E-state index >= 15 is 0 Å². The normalized spacial score (nSPS) is 12.4. The van der Waals surface area contributed by atoms with Crippen molar-refractivity contribution in [1.29, 1.82) is 0 Å². The Morgan fingerprint density at radius 1 is 1.07 bits per heavy atom. The van der Waals surface area contributed by atoms with Crippen molar-refractivity contribution in [3.05, 3.63) is 24.0 Å². The zero-order valence-corrected chi connectivity index (χ0v) is 14.8. The number of halogens is 4. The van der Waals surface area contributed by atoms with E-state index in [4.69, 9.17) is 9.47 Å². The second-order valence-electron chi connectivity index (χ2n) is 5.18.